The second-order valence-corrected chi connectivity index (χ2v) is 4.91. The van der Waals surface area contributed by atoms with Crippen molar-refractivity contribution in [3.8, 4) is 0 Å². The van der Waals surface area contributed by atoms with Gasteiger partial charge in [-0.3, -0.25) is 0 Å². The third kappa shape index (κ3) is 1.28. The number of rotatable bonds is 0. The number of nitrogens with zero attached hydrogens (tertiary/aromatic N) is 3. The fraction of sp³-hybridized carbons (Fsp3) is 0. The van der Waals surface area contributed by atoms with Crippen LogP contribution >= 0.6 is 15.9 Å². The average molecular weight is 419 g/mol. The molecular formula is C6H2BrFN3Tl. The Balaban J connectivity index is 2.90. The monoisotopic (exact) mass is 419 g/mol. The zero-order valence-electron chi connectivity index (χ0n) is 5.83. The summed E-state index contributed by atoms with van der Waals surface area (Å²) in [6.45, 7) is 0. The fourth-order valence-corrected chi connectivity index (χ4v) is 3.33. The molecule has 0 amide bonds. The number of aromatic nitrogens is 3. The number of pyridine rings is 1. The standard InChI is InChI=1S/C6H2BrFN3.Tl/c7-5-4-1-3(8)2-9-6(4)11-10-5;/h1-2H;/q-1;+1. The average Bonchev–Trinajstić information content (AvgIpc) is 2.28. The van der Waals surface area contributed by atoms with Crippen LogP contribution in [0, 0.1) is 5.82 Å². The van der Waals surface area contributed by atoms with Gasteiger partial charge < -0.3 is 0 Å². The quantitative estimate of drug-likeness (QED) is 0.603. The second kappa shape index (κ2) is 3.02. The van der Waals surface area contributed by atoms with Crippen molar-refractivity contribution in [2.24, 2.45) is 0 Å². The number of hydrogen-bond donors (Lipinski definition) is 0. The first-order valence-corrected chi connectivity index (χ1v) is 5.93. The Labute approximate surface area is 92.2 Å². The molecule has 6 heteroatoms. The van der Waals surface area contributed by atoms with E-state index in [1.807, 2.05) is 0 Å². The molecule has 0 unspecified atom stereocenters. The Kier molecular flexibility index (Phi) is 2.15. The van der Waals surface area contributed by atoms with Crippen molar-refractivity contribution in [3.63, 3.8) is 0 Å². The van der Waals surface area contributed by atoms with E-state index in [9.17, 15) is 4.39 Å². The van der Waals surface area contributed by atoms with Crippen molar-refractivity contribution in [2.75, 3.05) is 0 Å². The Morgan fingerprint density at radius 3 is 3.08 bits per heavy atom. The van der Waals surface area contributed by atoms with Crippen molar-refractivity contribution < 1.29 is 4.39 Å². The Morgan fingerprint density at radius 2 is 2.33 bits per heavy atom. The maximum absolute atomic E-state index is 12.7. The Hall–Kier alpha value is -0.0479. The normalized spacial score (nSPS) is 10.8. The molecule has 0 fully saturated rings. The molecule has 0 radical (unpaired) electrons. The summed E-state index contributed by atoms with van der Waals surface area (Å²) in [5, 5.41) is 4.84. The third-order valence-corrected chi connectivity index (χ3v) is 3.45. The van der Waals surface area contributed by atoms with Crippen molar-refractivity contribution in [1.29, 1.82) is 0 Å². The summed E-state index contributed by atoms with van der Waals surface area (Å²) in [5.41, 5.74) is 0.744. The van der Waals surface area contributed by atoms with Crippen LogP contribution in [0.25, 0.3) is 11.0 Å². The minimum atomic E-state index is -0.332. The van der Waals surface area contributed by atoms with Gasteiger partial charge in [0.25, 0.3) is 0 Å². The number of hydrogen-bond acceptors (Lipinski definition) is 2. The summed E-state index contributed by atoms with van der Waals surface area (Å²) in [7, 11) is 0. The van der Waals surface area contributed by atoms with Crippen LogP contribution in [0.5, 0.6) is 0 Å². The minimum absolute atomic E-state index is 0.332. The van der Waals surface area contributed by atoms with Crippen LogP contribution in [0.2, 0.25) is 0 Å². The Bertz CT molecular complexity index is 442. The van der Waals surface area contributed by atoms with Crippen LogP contribution in [0.3, 0.4) is 0 Å². The van der Waals surface area contributed by atoms with E-state index >= 15 is 0 Å². The van der Waals surface area contributed by atoms with Gasteiger partial charge in [0, 0.05) is 0 Å². The summed E-state index contributed by atoms with van der Waals surface area (Å²) in [5.74, 6) is -0.332. The van der Waals surface area contributed by atoms with E-state index in [1.54, 1.807) is 2.49 Å². The molecule has 2 rings (SSSR count). The molecule has 0 atom stereocenters. The first-order chi connectivity index (χ1) is 5.68. The first-order valence-electron chi connectivity index (χ1n) is 3.13. The van der Waals surface area contributed by atoms with Crippen LogP contribution in [-0.4, -0.2) is 38.6 Å². The van der Waals surface area contributed by atoms with Gasteiger partial charge in [-0.1, -0.05) is 0 Å². The van der Waals surface area contributed by atoms with E-state index in [1.165, 1.54) is 12.3 Å². The Morgan fingerprint density at radius 1 is 1.58 bits per heavy atom. The van der Waals surface area contributed by atoms with Crippen molar-refractivity contribution in [3.05, 3.63) is 22.7 Å². The van der Waals surface area contributed by atoms with Gasteiger partial charge in [-0.2, -0.15) is 0 Å². The zero-order chi connectivity index (χ0) is 8.72. The summed E-state index contributed by atoms with van der Waals surface area (Å²) < 4.78 is 15.1. The molecule has 2 aromatic heterocycles. The first kappa shape index (κ1) is 8.55. The van der Waals surface area contributed by atoms with Gasteiger partial charge in [-0.05, 0) is 0 Å². The van der Waals surface area contributed by atoms with E-state index < -0.39 is 0 Å². The van der Waals surface area contributed by atoms with Crippen LogP contribution in [0.1, 0.15) is 0 Å². The van der Waals surface area contributed by atoms with Gasteiger partial charge in [0.05, 0.1) is 0 Å². The molecule has 2 aromatic rings. The summed E-state index contributed by atoms with van der Waals surface area (Å²) in [6, 6.07) is 1.43. The molecule has 2 heterocycles. The molecule has 0 N–H and O–H groups in total. The van der Waals surface area contributed by atoms with Gasteiger partial charge in [0.1, 0.15) is 0 Å². The van der Waals surface area contributed by atoms with E-state index in [2.05, 4.69) is 26.0 Å². The predicted octanol–water partition coefficient (Wildman–Crippen LogP) is 1.26. The molecule has 0 aromatic carbocycles. The molecule has 0 aliphatic rings. The molecule has 0 saturated heterocycles. The SMILES string of the molecule is Fc1cnc2c(c1)c(Br)n[n]2[Tl]. The molecule has 0 spiro atoms. The van der Waals surface area contributed by atoms with Gasteiger partial charge in [0.2, 0.25) is 0 Å². The third-order valence-electron chi connectivity index (χ3n) is 1.47. The molecule has 58 valence electrons. The van der Waals surface area contributed by atoms with Gasteiger partial charge in [0.15, 0.2) is 0 Å². The number of halogens is 2. The molecule has 3 nitrogen and oxygen atoms in total. The van der Waals surface area contributed by atoms with Crippen molar-refractivity contribution in [2.45, 2.75) is 0 Å². The van der Waals surface area contributed by atoms with Gasteiger partial charge >= 0.3 is 92.7 Å². The molecule has 0 aliphatic carbocycles. The summed E-state index contributed by atoms with van der Waals surface area (Å²) in [6.07, 6.45) is 1.20. The van der Waals surface area contributed by atoms with E-state index in [-0.39, 0.29) is 5.82 Å². The molecular weight excluding hydrogens is 417 g/mol. The van der Waals surface area contributed by atoms with Crippen molar-refractivity contribution >= 4 is 53.0 Å². The maximum atomic E-state index is 12.7. The van der Waals surface area contributed by atoms with Crippen molar-refractivity contribution in [1.82, 2.24) is 12.6 Å². The van der Waals surface area contributed by atoms with E-state index in [4.69, 9.17) is 0 Å². The van der Waals surface area contributed by atoms with Crippen LogP contribution in [-0.2, 0) is 0 Å². The molecule has 0 aliphatic heterocycles. The van der Waals surface area contributed by atoms with Gasteiger partial charge in [-0.25, -0.2) is 0 Å². The summed E-state index contributed by atoms with van der Waals surface area (Å²) >= 11 is 3.78. The van der Waals surface area contributed by atoms with E-state index in [0.29, 0.717) is 30.7 Å². The topological polar surface area (TPSA) is 30.7 Å². The molecule has 0 bridgehead atoms. The van der Waals surface area contributed by atoms with Crippen LogP contribution in [0.15, 0.2) is 16.9 Å². The van der Waals surface area contributed by atoms with E-state index in [0.717, 1.165) is 11.0 Å². The summed E-state index contributed by atoms with van der Waals surface area (Å²) in [4.78, 5) is 3.94. The predicted molar refractivity (Wildman–Crippen MR) is 46.3 cm³/mol. The van der Waals surface area contributed by atoms with Crippen LogP contribution < -0.4 is 0 Å². The number of fused-ring (bicyclic) bond motifs is 1. The second-order valence-electron chi connectivity index (χ2n) is 2.26. The molecule has 12 heavy (non-hydrogen) atoms. The van der Waals surface area contributed by atoms with Crippen LogP contribution in [0.4, 0.5) is 4.39 Å². The van der Waals surface area contributed by atoms with Gasteiger partial charge in [-0.15, -0.1) is 0 Å². The molecule has 0 saturated carbocycles. The zero-order valence-corrected chi connectivity index (χ0v) is 11.9. The fourth-order valence-electron chi connectivity index (χ4n) is 0.962.